The van der Waals surface area contributed by atoms with Gasteiger partial charge in [0.25, 0.3) is 11.8 Å². The van der Waals surface area contributed by atoms with Crippen LogP contribution in [0.15, 0.2) is 103 Å². The molecule has 1 saturated carbocycles. The van der Waals surface area contributed by atoms with Crippen LogP contribution >= 0.6 is 23.2 Å². The third kappa shape index (κ3) is 4.99. The zero-order valence-corrected chi connectivity index (χ0v) is 29.1. The number of rotatable bonds is 6. The molecule has 262 valence electrons. The number of phenolic OH excluding ortho intramolecular Hbond substituents is 1. The number of hydrogen-bond acceptors (Lipinski definition) is 7. The molecule has 2 heterocycles. The summed E-state index contributed by atoms with van der Waals surface area (Å²) in [5, 5.41) is 11.9. The normalized spacial score (nSPS) is 26.5. The highest BCUT2D eigenvalue weighted by Crippen LogP contribution is 2.65. The van der Waals surface area contributed by atoms with Crippen LogP contribution in [0.25, 0.3) is 0 Å². The lowest BCUT2D eigenvalue weighted by molar-refractivity contribution is -0.138. The summed E-state index contributed by atoms with van der Waals surface area (Å²) in [5.41, 5.74) is 3.98. The van der Waals surface area contributed by atoms with Crippen LogP contribution in [0, 0.1) is 29.5 Å². The summed E-state index contributed by atoms with van der Waals surface area (Å²) in [5.74, 6) is -6.96. The third-order valence-electron chi connectivity index (χ3n) is 11.1. The van der Waals surface area contributed by atoms with E-state index >= 15 is 4.79 Å². The van der Waals surface area contributed by atoms with Crippen molar-refractivity contribution >= 4 is 64.0 Å². The number of allylic oxidation sites excluding steroid dienone is 2. The molecule has 6 atom stereocenters. The van der Waals surface area contributed by atoms with E-state index in [1.165, 1.54) is 43.3 Å². The van der Waals surface area contributed by atoms with Crippen LogP contribution in [0.4, 0.5) is 15.8 Å². The molecule has 8 rings (SSSR count). The number of imide groups is 2. The molecule has 9 nitrogen and oxygen atoms in total. The van der Waals surface area contributed by atoms with Gasteiger partial charge in [-0.2, -0.15) is 5.01 Å². The SMILES string of the molecule is CC(=O)c1ccc(N2C(=O)C3CC=C4C(CC5C(=O)N(Nc6ccc(F)cc6)C(=O)C5(c5ccc(Cl)cc5)C4c4ccc(O)cc4Cl)C3C2=O)cc1. The number of halogens is 3. The molecule has 4 aliphatic rings. The van der Waals surface area contributed by atoms with E-state index in [2.05, 4.69) is 5.43 Å². The zero-order chi connectivity index (χ0) is 36.6. The summed E-state index contributed by atoms with van der Waals surface area (Å²) in [7, 11) is 0. The maximum Gasteiger partial charge on any atom is 0.260 e. The van der Waals surface area contributed by atoms with Gasteiger partial charge in [-0.25, -0.2) is 4.39 Å². The predicted molar refractivity (Wildman–Crippen MR) is 191 cm³/mol. The highest BCUT2D eigenvalue weighted by molar-refractivity contribution is 6.32. The molecular formula is C40H30Cl2FN3O6. The third-order valence-corrected chi connectivity index (χ3v) is 11.7. The van der Waals surface area contributed by atoms with Gasteiger partial charge in [0, 0.05) is 21.5 Å². The standard InChI is InChI=1S/C40H30Cl2FN3O6/c1-20(47)21-2-12-26(13-3-21)45-36(49)30-17-16-28-31(34(30)38(45)51)19-32-37(50)46(44-25-10-8-24(43)9-11-25)39(52)40(32,22-4-6-23(41)7-5-22)35(28)29-15-14-27(48)18-33(29)42/h2-16,18,30-32,34-35,44,48H,17,19H2,1H3. The van der Waals surface area contributed by atoms with Crippen LogP contribution in [0.3, 0.4) is 0 Å². The number of Topliss-reactive ketones (excluding diaryl/α,β-unsaturated/α-hetero) is 1. The Balaban J connectivity index is 1.31. The largest absolute Gasteiger partial charge is 0.508 e. The van der Waals surface area contributed by atoms with Crippen molar-refractivity contribution < 1.29 is 33.5 Å². The summed E-state index contributed by atoms with van der Waals surface area (Å²) in [6, 6.07) is 22.6. The molecule has 2 saturated heterocycles. The number of phenols is 1. The van der Waals surface area contributed by atoms with Crippen molar-refractivity contribution in [3.8, 4) is 5.75 Å². The van der Waals surface area contributed by atoms with Gasteiger partial charge in [0.1, 0.15) is 11.6 Å². The smallest absolute Gasteiger partial charge is 0.260 e. The van der Waals surface area contributed by atoms with Crippen molar-refractivity contribution in [1.29, 1.82) is 0 Å². The van der Waals surface area contributed by atoms with Gasteiger partial charge in [0.05, 0.1) is 34.5 Å². The molecule has 2 aliphatic carbocycles. The Morgan fingerprint density at radius 2 is 1.56 bits per heavy atom. The number of carbonyl (C=O) groups is 5. The first-order chi connectivity index (χ1) is 24.9. The number of carbonyl (C=O) groups excluding carboxylic acids is 5. The summed E-state index contributed by atoms with van der Waals surface area (Å²) in [6.45, 7) is 1.43. The number of anilines is 2. The molecule has 0 aromatic heterocycles. The molecule has 0 bridgehead atoms. The fourth-order valence-corrected chi connectivity index (χ4v) is 9.26. The summed E-state index contributed by atoms with van der Waals surface area (Å²) in [6.07, 6.45) is 2.13. The number of amides is 4. The quantitative estimate of drug-likeness (QED) is 0.122. The number of benzene rings is 4. The van der Waals surface area contributed by atoms with Crippen LogP contribution in [0.5, 0.6) is 5.75 Å². The molecule has 3 fully saturated rings. The van der Waals surface area contributed by atoms with Crippen LogP contribution in [0.1, 0.15) is 47.2 Å². The van der Waals surface area contributed by atoms with Crippen molar-refractivity contribution in [2.24, 2.45) is 23.7 Å². The number of ketones is 1. The van der Waals surface area contributed by atoms with Crippen LogP contribution in [-0.2, 0) is 24.6 Å². The number of nitrogens with zero attached hydrogens (tertiary/aromatic N) is 2. The topological polar surface area (TPSA) is 124 Å². The van der Waals surface area contributed by atoms with Gasteiger partial charge in [-0.05, 0) is 110 Å². The van der Waals surface area contributed by atoms with Gasteiger partial charge in [0.2, 0.25) is 11.8 Å². The first-order valence-electron chi connectivity index (χ1n) is 16.8. The summed E-state index contributed by atoms with van der Waals surface area (Å²) in [4.78, 5) is 71.5. The number of hydrazine groups is 1. The van der Waals surface area contributed by atoms with Crippen molar-refractivity contribution in [3.05, 3.63) is 135 Å². The Labute approximate surface area is 307 Å². The molecule has 4 aromatic rings. The maximum atomic E-state index is 15.2. The summed E-state index contributed by atoms with van der Waals surface area (Å²) >= 11 is 13.2. The van der Waals surface area contributed by atoms with Crippen molar-refractivity contribution in [1.82, 2.24) is 5.01 Å². The van der Waals surface area contributed by atoms with Crippen LogP contribution in [-0.4, -0.2) is 39.5 Å². The Morgan fingerprint density at radius 1 is 0.865 bits per heavy atom. The predicted octanol–water partition coefficient (Wildman–Crippen LogP) is 7.23. The van der Waals surface area contributed by atoms with Gasteiger partial charge >= 0.3 is 0 Å². The minimum absolute atomic E-state index is 0.0458. The maximum absolute atomic E-state index is 15.2. The first-order valence-corrected chi connectivity index (χ1v) is 17.5. The van der Waals surface area contributed by atoms with Crippen molar-refractivity contribution in [2.75, 3.05) is 10.3 Å². The van der Waals surface area contributed by atoms with E-state index < -0.39 is 58.5 Å². The molecule has 2 N–H and O–H groups in total. The lowest BCUT2D eigenvalue weighted by Crippen LogP contribution is -2.53. The number of nitrogens with one attached hydrogen (secondary N) is 1. The van der Waals surface area contributed by atoms with E-state index in [1.54, 1.807) is 54.6 Å². The van der Waals surface area contributed by atoms with E-state index in [-0.39, 0.29) is 35.3 Å². The summed E-state index contributed by atoms with van der Waals surface area (Å²) < 4.78 is 13.8. The lowest BCUT2D eigenvalue weighted by Gasteiger charge is -2.50. The fourth-order valence-electron chi connectivity index (χ4n) is 8.85. The molecule has 12 heteroatoms. The number of aromatic hydroxyl groups is 1. The Hall–Kier alpha value is -5.32. The Morgan fingerprint density at radius 3 is 2.21 bits per heavy atom. The minimum Gasteiger partial charge on any atom is -0.508 e. The van der Waals surface area contributed by atoms with Gasteiger partial charge in [0.15, 0.2) is 5.78 Å². The molecule has 4 amide bonds. The highest BCUT2D eigenvalue weighted by atomic mass is 35.5. The van der Waals surface area contributed by atoms with E-state index in [9.17, 15) is 28.7 Å². The van der Waals surface area contributed by atoms with Gasteiger partial charge < -0.3 is 5.11 Å². The van der Waals surface area contributed by atoms with Crippen LogP contribution in [0.2, 0.25) is 10.0 Å². The highest BCUT2D eigenvalue weighted by Gasteiger charge is 2.70. The van der Waals surface area contributed by atoms with E-state index in [0.29, 0.717) is 38.7 Å². The molecule has 0 radical (unpaired) electrons. The van der Waals surface area contributed by atoms with E-state index in [1.807, 2.05) is 6.08 Å². The second kappa shape index (κ2) is 12.4. The second-order valence-corrected chi connectivity index (χ2v) is 14.5. The molecular weight excluding hydrogens is 708 g/mol. The molecule has 2 aliphatic heterocycles. The van der Waals surface area contributed by atoms with E-state index in [0.717, 1.165) is 9.91 Å². The molecule has 52 heavy (non-hydrogen) atoms. The Kier molecular flexibility index (Phi) is 8.08. The van der Waals surface area contributed by atoms with Crippen LogP contribution < -0.4 is 10.3 Å². The Bertz CT molecular complexity index is 2230. The molecule has 6 unspecified atom stereocenters. The van der Waals surface area contributed by atoms with Crippen molar-refractivity contribution in [2.45, 2.75) is 31.1 Å². The average molecular weight is 739 g/mol. The van der Waals surface area contributed by atoms with Crippen molar-refractivity contribution in [3.63, 3.8) is 0 Å². The lowest BCUT2D eigenvalue weighted by atomic mass is 9.49. The number of fused-ring (bicyclic) bond motifs is 4. The zero-order valence-electron chi connectivity index (χ0n) is 27.6. The van der Waals surface area contributed by atoms with Gasteiger partial charge in [-0.1, -0.05) is 53.1 Å². The molecule has 0 spiro atoms. The average Bonchev–Trinajstić information content (AvgIpc) is 3.50. The molecule has 4 aromatic carbocycles. The van der Waals surface area contributed by atoms with Gasteiger partial charge in [-0.15, -0.1) is 0 Å². The fraction of sp³-hybridized carbons (Fsp3) is 0.225. The van der Waals surface area contributed by atoms with E-state index in [4.69, 9.17) is 23.2 Å². The number of hydrogen-bond donors (Lipinski definition) is 2. The minimum atomic E-state index is -1.61. The second-order valence-electron chi connectivity index (χ2n) is 13.7. The van der Waals surface area contributed by atoms with Gasteiger partial charge in [-0.3, -0.25) is 34.3 Å². The monoisotopic (exact) mass is 737 g/mol. The first kappa shape index (κ1) is 33.8.